The van der Waals surface area contributed by atoms with Crippen molar-refractivity contribution in [3.63, 3.8) is 0 Å². The number of ether oxygens (including phenoxy) is 2. The number of aromatic nitrogens is 1. The van der Waals surface area contributed by atoms with E-state index in [1.165, 1.54) is 37.3 Å². The van der Waals surface area contributed by atoms with Crippen LogP contribution in [0, 0.1) is 0 Å². The summed E-state index contributed by atoms with van der Waals surface area (Å²) in [6.07, 6.45) is 0. The molecule has 3 rings (SSSR count). The van der Waals surface area contributed by atoms with Crippen LogP contribution in [0.2, 0.25) is 0 Å². The fourth-order valence-electron chi connectivity index (χ4n) is 2.84. The van der Waals surface area contributed by atoms with Gasteiger partial charge in [0.15, 0.2) is 0 Å². The molecule has 8 nitrogen and oxygen atoms in total. The van der Waals surface area contributed by atoms with Gasteiger partial charge in [-0.05, 0) is 30.3 Å². The Bertz CT molecular complexity index is 1090. The number of benzene rings is 2. The van der Waals surface area contributed by atoms with Gasteiger partial charge in [-0.2, -0.15) is 0 Å². The predicted molar refractivity (Wildman–Crippen MR) is 118 cm³/mol. The molecule has 0 unspecified atom stereocenters. The van der Waals surface area contributed by atoms with Crippen LogP contribution in [0.3, 0.4) is 0 Å². The van der Waals surface area contributed by atoms with Gasteiger partial charge in [0, 0.05) is 30.6 Å². The van der Waals surface area contributed by atoms with E-state index < -0.39 is 5.97 Å². The van der Waals surface area contributed by atoms with E-state index in [4.69, 9.17) is 9.47 Å². The van der Waals surface area contributed by atoms with Gasteiger partial charge in [0.25, 0.3) is 0 Å². The molecule has 0 aliphatic rings. The third kappa shape index (κ3) is 5.89. The number of amides is 2. The van der Waals surface area contributed by atoms with Crippen LogP contribution in [-0.2, 0) is 20.9 Å². The second-order valence-electron chi connectivity index (χ2n) is 6.58. The molecule has 0 saturated heterocycles. The van der Waals surface area contributed by atoms with Crippen LogP contribution in [0.4, 0.5) is 11.4 Å². The number of carbonyl (C=O) groups is 3. The van der Waals surface area contributed by atoms with Crippen molar-refractivity contribution in [2.45, 2.75) is 20.5 Å². The van der Waals surface area contributed by atoms with E-state index in [9.17, 15) is 14.4 Å². The van der Waals surface area contributed by atoms with E-state index in [0.717, 1.165) is 10.6 Å². The third-order valence-electron chi connectivity index (χ3n) is 4.05. The maximum absolute atomic E-state index is 12.6. The van der Waals surface area contributed by atoms with Gasteiger partial charge in [0.05, 0.1) is 23.9 Å². The number of hydrogen-bond acceptors (Lipinski definition) is 7. The first-order valence-corrected chi connectivity index (χ1v) is 10.2. The maximum Gasteiger partial charge on any atom is 0.338 e. The van der Waals surface area contributed by atoms with Gasteiger partial charge in [0.1, 0.15) is 17.4 Å². The minimum absolute atomic E-state index is 0.0235. The second-order valence-corrected chi connectivity index (χ2v) is 7.44. The molecule has 0 aliphatic carbocycles. The van der Waals surface area contributed by atoms with E-state index >= 15 is 0 Å². The van der Waals surface area contributed by atoms with Gasteiger partial charge in [-0.3, -0.25) is 9.59 Å². The lowest BCUT2D eigenvalue weighted by atomic mass is 10.1. The molecular weight excluding hydrogens is 418 g/mol. The smallest absolute Gasteiger partial charge is 0.338 e. The predicted octanol–water partition coefficient (Wildman–Crippen LogP) is 4.09. The van der Waals surface area contributed by atoms with Crippen LogP contribution < -0.4 is 15.4 Å². The Kier molecular flexibility index (Phi) is 6.99. The fraction of sp³-hybridized carbons (Fsp3) is 0.182. The number of nitrogens with zero attached hydrogens (tertiary/aromatic N) is 1. The molecule has 0 saturated carbocycles. The van der Waals surface area contributed by atoms with Crippen molar-refractivity contribution in [2.75, 3.05) is 17.7 Å². The Morgan fingerprint density at radius 3 is 2.26 bits per heavy atom. The quantitative estimate of drug-likeness (QED) is 0.537. The van der Waals surface area contributed by atoms with Crippen LogP contribution in [0.1, 0.15) is 29.9 Å². The first-order chi connectivity index (χ1) is 14.9. The van der Waals surface area contributed by atoms with Crippen molar-refractivity contribution in [2.24, 2.45) is 0 Å². The van der Waals surface area contributed by atoms with Crippen molar-refractivity contribution < 1.29 is 23.9 Å². The molecule has 0 fully saturated rings. The zero-order chi connectivity index (χ0) is 22.4. The summed E-state index contributed by atoms with van der Waals surface area (Å²) in [6, 6.07) is 12.1. The van der Waals surface area contributed by atoms with E-state index in [1.807, 2.05) is 29.6 Å². The summed E-state index contributed by atoms with van der Waals surface area (Å²) in [6.45, 7) is 2.68. The van der Waals surface area contributed by atoms with Gasteiger partial charge in [-0.25, -0.2) is 9.78 Å². The van der Waals surface area contributed by atoms with E-state index in [1.54, 1.807) is 13.2 Å². The van der Waals surface area contributed by atoms with Gasteiger partial charge in [-0.15, -0.1) is 11.3 Å². The highest BCUT2D eigenvalue weighted by atomic mass is 32.1. The van der Waals surface area contributed by atoms with Crippen molar-refractivity contribution in [3.05, 3.63) is 59.1 Å². The van der Waals surface area contributed by atoms with Gasteiger partial charge in [0.2, 0.25) is 11.8 Å². The Balaban J connectivity index is 1.74. The number of thiazole rings is 1. The molecule has 1 heterocycles. The summed E-state index contributed by atoms with van der Waals surface area (Å²) in [4.78, 5) is 39.8. The lowest BCUT2D eigenvalue weighted by Gasteiger charge is -2.10. The van der Waals surface area contributed by atoms with Crippen LogP contribution >= 0.6 is 11.3 Å². The topological polar surface area (TPSA) is 107 Å². The Labute approximate surface area is 183 Å². The molecule has 0 aliphatic heterocycles. The van der Waals surface area contributed by atoms with Crippen LogP contribution in [0.5, 0.6) is 5.75 Å². The minimum Gasteiger partial charge on any atom is -0.496 e. The molecule has 9 heteroatoms. The monoisotopic (exact) mass is 439 g/mol. The van der Waals surface area contributed by atoms with Crippen LogP contribution in [-0.4, -0.2) is 29.9 Å². The number of hydrogen-bond donors (Lipinski definition) is 2. The summed E-state index contributed by atoms with van der Waals surface area (Å²) in [5.41, 5.74) is 2.39. The molecule has 2 amide bonds. The van der Waals surface area contributed by atoms with Crippen LogP contribution in [0.15, 0.2) is 47.8 Å². The largest absolute Gasteiger partial charge is 0.496 e. The zero-order valence-corrected chi connectivity index (χ0v) is 18.0. The van der Waals surface area contributed by atoms with E-state index in [-0.39, 0.29) is 24.0 Å². The molecule has 0 radical (unpaired) electrons. The van der Waals surface area contributed by atoms with Crippen molar-refractivity contribution in [1.82, 2.24) is 4.98 Å². The number of methoxy groups -OCH3 is 1. The normalized spacial score (nSPS) is 10.3. The SMILES string of the molecule is COc1ccccc1-c1nc(COC(=O)c2cc(NC(C)=O)cc(NC(C)=O)c2)cs1. The average molecular weight is 439 g/mol. The van der Waals surface area contributed by atoms with Crippen molar-refractivity contribution in [3.8, 4) is 16.3 Å². The first kappa shape index (κ1) is 22.0. The summed E-state index contributed by atoms with van der Waals surface area (Å²) < 4.78 is 10.8. The Morgan fingerprint density at radius 1 is 1.00 bits per heavy atom. The van der Waals surface area contributed by atoms with Gasteiger partial charge >= 0.3 is 5.97 Å². The molecule has 2 aromatic carbocycles. The Morgan fingerprint density at radius 2 is 1.65 bits per heavy atom. The molecule has 160 valence electrons. The lowest BCUT2D eigenvalue weighted by molar-refractivity contribution is -0.115. The average Bonchev–Trinajstić information content (AvgIpc) is 3.19. The summed E-state index contributed by atoms with van der Waals surface area (Å²) >= 11 is 1.42. The number of anilines is 2. The van der Waals surface area contributed by atoms with Gasteiger partial charge in [-0.1, -0.05) is 12.1 Å². The van der Waals surface area contributed by atoms with E-state index in [0.29, 0.717) is 22.8 Å². The number of carbonyl (C=O) groups excluding carboxylic acids is 3. The molecule has 0 atom stereocenters. The van der Waals surface area contributed by atoms with Gasteiger partial charge < -0.3 is 20.1 Å². The lowest BCUT2D eigenvalue weighted by Crippen LogP contribution is -2.12. The highest BCUT2D eigenvalue weighted by Crippen LogP contribution is 2.32. The maximum atomic E-state index is 12.6. The molecule has 2 N–H and O–H groups in total. The Hall–Kier alpha value is -3.72. The van der Waals surface area contributed by atoms with Crippen molar-refractivity contribution in [1.29, 1.82) is 0 Å². The summed E-state index contributed by atoms with van der Waals surface area (Å²) in [5.74, 6) is -0.498. The number of esters is 1. The second kappa shape index (κ2) is 9.86. The van der Waals surface area contributed by atoms with Crippen molar-refractivity contribution >= 4 is 40.5 Å². The molecule has 1 aromatic heterocycles. The van der Waals surface area contributed by atoms with Crippen LogP contribution in [0.25, 0.3) is 10.6 Å². The van der Waals surface area contributed by atoms with E-state index in [2.05, 4.69) is 15.6 Å². The molecular formula is C22H21N3O5S. The highest BCUT2D eigenvalue weighted by Gasteiger charge is 2.14. The number of rotatable bonds is 7. The highest BCUT2D eigenvalue weighted by molar-refractivity contribution is 7.13. The third-order valence-corrected chi connectivity index (χ3v) is 4.97. The number of nitrogens with one attached hydrogen (secondary N) is 2. The standard InChI is InChI=1S/C22H21N3O5S/c1-13(26)23-16-8-15(9-17(10-16)24-14(2)27)22(28)30-11-18-12-31-21(25-18)19-6-4-5-7-20(19)29-3/h4-10,12H,11H2,1-3H3,(H,23,26)(H,24,27). The first-order valence-electron chi connectivity index (χ1n) is 9.31. The summed E-state index contributed by atoms with van der Waals surface area (Å²) in [7, 11) is 1.60. The summed E-state index contributed by atoms with van der Waals surface area (Å²) in [5, 5.41) is 7.76. The molecule has 0 bridgehead atoms. The number of para-hydroxylation sites is 1. The molecule has 31 heavy (non-hydrogen) atoms. The zero-order valence-electron chi connectivity index (χ0n) is 17.2. The fourth-order valence-corrected chi connectivity index (χ4v) is 3.67. The molecule has 3 aromatic rings. The minimum atomic E-state index is -0.606. The molecule has 0 spiro atoms.